The summed E-state index contributed by atoms with van der Waals surface area (Å²) in [5.41, 5.74) is 2.32. The molecule has 1 unspecified atom stereocenters. The molecule has 0 saturated heterocycles. The van der Waals surface area contributed by atoms with Crippen LogP contribution in [0.4, 0.5) is 0 Å². The molecule has 0 amide bonds. The zero-order chi connectivity index (χ0) is 12.8. The second-order valence-corrected chi connectivity index (χ2v) is 4.58. The van der Waals surface area contributed by atoms with Crippen LogP contribution in [0.15, 0.2) is 18.2 Å². The summed E-state index contributed by atoms with van der Waals surface area (Å²) in [6.07, 6.45) is 0. The van der Waals surface area contributed by atoms with E-state index in [9.17, 15) is 0 Å². The van der Waals surface area contributed by atoms with E-state index < -0.39 is 0 Å². The van der Waals surface area contributed by atoms with Gasteiger partial charge in [-0.15, -0.1) is 0 Å². The predicted molar refractivity (Wildman–Crippen MR) is 69.1 cm³/mol. The number of benzene rings is 1. The molecule has 0 aliphatic rings. The highest BCUT2D eigenvalue weighted by Crippen LogP contribution is 2.18. The van der Waals surface area contributed by atoms with Crippen LogP contribution in [-0.4, -0.2) is 18.7 Å². The van der Waals surface area contributed by atoms with E-state index in [1.54, 1.807) is 0 Å². The number of aryl methyl sites for hydroxylation is 2. The van der Waals surface area contributed by atoms with E-state index in [0.29, 0.717) is 6.61 Å². The molecule has 1 N–H and O–H groups in total. The number of rotatable bonds is 5. The summed E-state index contributed by atoms with van der Waals surface area (Å²) in [6, 6.07) is 8.25. The van der Waals surface area contributed by atoms with Crippen molar-refractivity contribution in [1.29, 1.82) is 5.26 Å². The molecule has 3 heteroatoms. The molecule has 0 spiro atoms. The molecule has 1 rings (SSSR count). The van der Waals surface area contributed by atoms with Crippen LogP contribution in [0.25, 0.3) is 0 Å². The summed E-state index contributed by atoms with van der Waals surface area (Å²) in [7, 11) is 0. The highest BCUT2D eigenvalue weighted by molar-refractivity contribution is 5.35. The van der Waals surface area contributed by atoms with E-state index in [1.807, 2.05) is 32.9 Å². The highest BCUT2D eigenvalue weighted by Gasteiger charge is 2.10. The number of nitrogens with zero attached hydrogens (tertiary/aromatic N) is 1. The largest absolute Gasteiger partial charge is 0.491 e. The van der Waals surface area contributed by atoms with Crippen LogP contribution >= 0.6 is 0 Å². The smallest absolute Gasteiger partial charge is 0.130 e. The lowest BCUT2D eigenvalue weighted by Gasteiger charge is -2.16. The Hall–Kier alpha value is -1.53. The van der Waals surface area contributed by atoms with Crippen molar-refractivity contribution in [2.24, 2.45) is 0 Å². The lowest BCUT2D eigenvalue weighted by atomic mass is 10.1. The molecule has 0 radical (unpaired) electrons. The molecular formula is C14H20N2O. The number of nitrogens with one attached hydrogen (secondary N) is 1. The Kier molecular flexibility index (Phi) is 4.99. The molecule has 0 saturated carbocycles. The molecular weight excluding hydrogens is 212 g/mol. The lowest BCUT2D eigenvalue weighted by Crippen LogP contribution is -2.38. The van der Waals surface area contributed by atoms with Crippen molar-refractivity contribution >= 4 is 0 Å². The van der Waals surface area contributed by atoms with Crippen LogP contribution in [-0.2, 0) is 0 Å². The molecule has 1 aromatic carbocycles. The lowest BCUT2D eigenvalue weighted by molar-refractivity contribution is 0.281. The summed E-state index contributed by atoms with van der Waals surface area (Å²) < 4.78 is 5.66. The second kappa shape index (κ2) is 6.27. The first kappa shape index (κ1) is 13.5. The molecule has 1 atom stereocenters. The Bertz CT molecular complexity index is 407. The summed E-state index contributed by atoms with van der Waals surface area (Å²) in [5, 5.41) is 12.1. The van der Waals surface area contributed by atoms with Crippen LogP contribution in [0, 0.1) is 25.2 Å². The predicted octanol–water partition coefficient (Wildman–Crippen LogP) is 2.57. The molecule has 0 fully saturated rings. The fourth-order valence-electron chi connectivity index (χ4n) is 1.66. The maximum atomic E-state index is 8.97. The van der Waals surface area contributed by atoms with Gasteiger partial charge >= 0.3 is 0 Å². The Morgan fingerprint density at radius 2 is 2.06 bits per heavy atom. The average molecular weight is 232 g/mol. The molecule has 0 bridgehead atoms. The number of hydrogen-bond donors (Lipinski definition) is 1. The standard InChI is InChI=1S/C14H20N2O/c1-10(2)16-13(8-15)9-17-14-6-5-11(3)7-12(14)4/h5-7,10,13,16H,9H2,1-4H3. The fraction of sp³-hybridized carbons (Fsp3) is 0.500. The van der Waals surface area contributed by atoms with Gasteiger partial charge in [0.2, 0.25) is 0 Å². The van der Waals surface area contributed by atoms with E-state index in [0.717, 1.165) is 11.3 Å². The van der Waals surface area contributed by atoms with Crippen LogP contribution in [0.2, 0.25) is 0 Å². The number of ether oxygens (including phenoxy) is 1. The van der Waals surface area contributed by atoms with Crippen molar-refractivity contribution in [2.45, 2.75) is 39.8 Å². The Labute approximate surface area is 103 Å². The van der Waals surface area contributed by atoms with Crippen LogP contribution in [0.1, 0.15) is 25.0 Å². The maximum Gasteiger partial charge on any atom is 0.130 e. The van der Waals surface area contributed by atoms with E-state index in [2.05, 4.69) is 24.4 Å². The van der Waals surface area contributed by atoms with Crippen molar-refractivity contribution in [3.8, 4) is 11.8 Å². The second-order valence-electron chi connectivity index (χ2n) is 4.58. The van der Waals surface area contributed by atoms with Gasteiger partial charge < -0.3 is 4.74 Å². The third-order valence-corrected chi connectivity index (χ3v) is 2.43. The van der Waals surface area contributed by atoms with Crippen molar-refractivity contribution < 1.29 is 4.74 Å². The maximum absolute atomic E-state index is 8.97. The van der Waals surface area contributed by atoms with Crippen LogP contribution < -0.4 is 10.1 Å². The van der Waals surface area contributed by atoms with Gasteiger partial charge in [0.25, 0.3) is 0 Å². The van der Waals surface area contributed by atoms with Crippen molar-refractivity contribution in [2.75, 3.05) is 6.61 Å². The third-order valence-electron chi connectivity index (χ3n) is 2.43. The first-order valence-corrected chi connectivity index (χ1v) is 5.88. The first-order valence-electron chi connectivity index (χ1n) is 5.88. The normalized spacial score (nSPS) is 12.2. The van der Waals surface area contributed by atoms with E-state index in [4.69, 9.17) is 10.00 Å². The quantitative estimate of drug-likeness (QED) is 0.848. The van der Waals surface area contributed by atoms with Crippen molar-refractivity contribution in [3.05, 3.63) is 29.3 Å². The minimum atomic E-state index is -0.268. The molecule has 3 nitrogen and oxygen atoms in total. The first-order chi connectivity index (χ1) is 8.02. The van der Waals surface area contributed by atoms with Gasteiger partial charge in [-0.1, -0.05) is 17.7 Å². The van der Waals surface area contributed by atoms with Crippen LogP contribution in [0.3, 0.4) is 0 Å². The van der Waals surface area contributed by atoms with E-state index >= 15 is 0 Å². The minimum Gasteiger partial charge on any atom is -0.491 e. The van der Waals surface area contributed by atoms with Crippen molar-refractivity contribution in [1.82, 2.24) is 5.32 Å². The van der Waals surface area contributed by atoms with Gasteiger partial charge in [-0.3, -0.25) is 5.32 Å². The molecule has 17 heavy (non-hydrogen) atoms. The van der Waals surface area contributed by atoms with Gasteiger partial charge in [0.05, 0.1) is 6.07 Å². The molecule has 92 valence electrons. The summed E-state index contributed by atoms with van der Waals surface area (Å²) in [6.45, 7) is 8.47. The molecule has 0 aromatic heterocycles. The number of nitriles is 1. The molecule has 1 aromatic rings. The van der Waals surface area contributed by atoms with Gasteiger partial charge in [-0.2, -0.15) is 5.26 Å². The number of hydrogen-bond acceptors (Lipinski definition) is 3. The molecule has 0 aliphatic heterocycles. The van der Waals surface area contributed by atoms with Crippen LogP contribution in [0.5, 0.6) is 5.75 Å². The SMILES string of the molecule is Cc1ccc(OCC(C#N)NC(C)C)c(C)c1. The van der Waals surface area contributed by atoms with E-state index in [1.165, 1.54) is 5.56 Å². The van der Waals surface area contributed by atoms with Gasteiger partial charge in [-0.25, -0.2) is 0 Å². The monoisotopic (exact) mass is 232 g/mol. The zero-order valence-corrected chi connectivity index (χ0v) is 10.9. The van der Waals surface area contributed by atoms with Gasteiger partial charge in [0.1, 0.15) is 18.4 Å². The molecule has 0 aliphatic carbocycles. The Morgan fingerprint density at radius 1 is 1.35 bits per heavy atom. The summed E-state index contributed by atoms with van der Waals surface area (Å²) in [4.78, 5) is 0. The third kappa shape index (κ3) is 4.46. The van der Waals surface area contributed by atoms with Gasteiger partial charge in [0, 0.05) is 6.04 Å². The van der Waals surface area contributed by atoms with Gasteiger partial charge in [-0.05, 0) is 39.3 Å². The summed E-state index contributed by atoms with van der Waals surface area (Å²) >= 11 is 0. The van der Waals surface area contributed by atoms with E-state index in [-0.39, 0.29) is 12.1 Å². The zero-order valence-electron chi connectivity index (χ0n) is 10.9. The fourth-order valence-corrected chi connectivity index (χ4v) is 1.66. The average Bonchev–Trinajstić information content (AvgIpc) is 2.25. The highest BCUT2D eigenvalue weighted by atomic mass is 16.5. The Morgan fingerprint density at radius 3 is 2.59 bits per heavy atom. The molecule has 0 heterocycles. The Balaban J connectivity index is 2.57. The minimum absolute atomic E-state index is 0.268. The van der Waals surface area contributed by atoms with Crippen molar-refractivity contribution in [3.63, 3.8) is 0 Å². The summed E-state index contributed by atoms with van der Waals surface area (Å²) in [5.74, 6) is 0.849. The van der Waals surface area contributed by atoms with Gasteiger partial charge in [0.15, 0.2) is 0 Å². The topological polar surface area (TPSA) is 45.0 Å².